The zero-order valence-corrected chi connectivity index (χ0v) is 10.4. The number of ether oxygens (including phenoxy) is 2. The van der Waals surface area contributed by atoms with Crippen molar-refractivity contribution < 1.29 is 37.3 Å². The molecule has 0 aromatic rings. The Balaban J connectivity index is 4.65. The third kappa shape index (κ3) is 5.34. The third-order valence-corrected chi connectivity index (χ3v) is 1.74. The van der Waals surface area contributed by atoms with E-state index >= 15 is 0 Å². The molecule has 0 amide bonds. The second-order valence-corrected chi connectivity index (χ2v) is 3.87. The summed E-state index contributed by atoms with van der Waals surface area (Å²) in [6.45, 7) is 0.598. The van der Waals surface area contributed by atoms with Crippen molar-refractivity contribution >= 4 is 5.97 Å². The summed E-state index contributed by atoms with van der Waals surface area (Å²) in [6, 6.07) is 0. The van der Waals surface area contributed by atoms with Crippen LogP contribution in [0.15, 0.2) is 0 Å². The molecule has 0 bridgehead atoms. The van der Waals surface area contributed by atoms with E-state index in [9.17, 15) is 38.2 Å². The molecule has 0 saturated heterocycles. The molecule has 0 heterocycles. The van der Waals surface area contributed by atoms with Crippen LogP contribution in [-0.2, 0) is 14.3 Å². The molecule has 0 aliphatic carbocycles. The number of carbonyl (C=O) groups is 1. The van der Waals surface area contributed by atoms with Crippen molar-refractivity contribution in [2.45, 2.75) is 38.4 Å². The Labute approximate surface area is 109 Å². The van der Waals surface area contributed by atoms with E-state index in [-0.39, 0.29) is 0 Å². The van der Waals surface area contributed by atoms with E-state index in [4.69, 9.17) is 0 Å². The van der Waals surface area contributed by atoms with Crippen molar-refractivity contribution in [2.24, 2.45) is 0 Å². The number of hydrogen-bond donors (Lipinski definition) is 0. The van der Waals surface area contributed by atoms with Crippen molar-refractivity contribution in [1.82, 2.24) is 0 Å². The monoisotopic (exact) mass is 304 g/mol. The molecule has 116 valence electrons. The summed E-state index contributed by atoms with van der Waals surface area (Å²) in [5.41, 5.74) is 0. The molecule has 0 unspecified atom stereocenters. The van der Waals surface area contributed by atoms with Gasteiger partial charge in [0.2, 0.25) is 6.61 Å². The molecule has 0 aromatic heterocycles. The lowest BCUT2D eigenvalue weighted by Gasteiger charge is -2.17. The fourth-order valence-electron chi connectivity index (χ4n) is 0.893. The van der Waals surface area contributed by atoms with Gasteiger partial charge < -0.3 is 9.47 Å². The molecule has 9 nitrogen and oxygen atoms in total. The Kier molecular flexibility index (Phi) is 5.81. The van der Waals surface area contributed by atoms with E-state index < -0.39 is 47.0 Å². The lowest BCUT2D eigenvalue weighted by molar-refractivity contribution is -0.834. The molecule has 0 atom stereocenters. The van der Waals surface area contributed by atoms with Gasteiger partial charge in [0.25, 0.3) is 0 Å². The van der Waals surface area contributed by atoms with Crippen molar-refractivity contribution in [1.29, 1.82) is 0 Å². The molecule has 0 spiro atoms. The quantitative estimate of drug-likeness (QED) is 0.216. The van der Waals surface area contributed by atoms with Crippen LogP contribution in [0.1, 0.15) is 20.3 Å². The van der Waals surface area contributed by atoms with Crippen LogP contribution < -0.4 is 0 Å². The fraction of sp³-hybridized carbons (Fsp3) is 0.875. The van der Waals surface area contributed by atoms with Gasteiger partial charge in [-0.15, -0.1) is 0 Å². The second kappa shape index (κ2) is 6.45. The van der Waals surface area contributed by atoms with Crippen LogP contribution in [0.3, 0.4) is 0 Å². The molecule has 0 aliphatic rings. The van der Waals surface area contributed by atoms with Crippen molar-refractivity contribution in [3.63, 3.8) is 0 Å². The number of nitrogens with zero attached hydrogens (tertiary/aromatic N) is 2. The summed E-state index contributed by atoms with van der Waals surface area (Å²) in [5.74, 6) is -5.83. The molecule has 20 heavy (non-hydrogen) atoms. The predicted molar refractivity (Wildman–Crippen MR) is 54.6 cm³/mol. The lowest BCUT2D eigenvalue weighted by atomic mass is 10.4. The van der Waals surface area contributed by atoms with E-state index in [1.807, 2.05) is 0 Å². The molecule has 0 rings (SSSR count). The van der Waals surface area contributed by atoms with Gasteiger partial charge in [-0.3, -0.25) is 25.0 Å². The number of nitro groups is 2. The Morgan fingerprint density at radius 2 is 1.65 bits per heavy atom. The lowest BCUT2D eigenvalue weighted by Crippen LogP contribution is -2.48. The zero-order valence-electron chi connectivity index (χ0n) is 10.4. The smallest absolute Gasteiger partial charge is 0.463 e. The maximum absolute atomic E-state index is 13.1. The van der Waals surface area contributed by atoms with Crippen LogP contribution >= 0.6 is 0 Å². The number of rotatable bonds is 8. The van der Waals surface area contributed by atoms with Crippen molar-refractivity contribution in [3.8, 4) is 0 Å². The van der Waals surface area contributed by atoms with Gasteiger partial charge in [0.1, 0.15) is 16.3 Å². The molecule has 0 N–H and O–H groups in total. The topological polar surface area (TPSA) is 122 Å². The number of esters is 1. The van der Waals surface area contributed by atoms with Crippen LogP contribution in [0.4, 0.5) is 13.2 Å². The highest BCUT2D eigenvalue weighted by Gasteiger charge is 2.60. The van der Waals surface area contributed by atoms with E-state index in [0.29, 0.717) is 0 Å². The van der Waals surface area contributed by atoms with Crippen LogP contribution in [0, 0.1) is 20.2 Å². The summed E-state index contributed by atoms with van der Waals surface area (Å²) in [5, 5.41) is 20.2. The first kappa shape index (κ1) is 18.0. The van der Waals surface area contributed by atoms with Gasteiger partial charge in [0.15, 0.2) is 0 Å². The molecular formula is C8H11F3N2O7. The van der Waals surface area contributed by atoms with E-state index in [1.54, 1.807) is 0 Å². The molecule has 0 aliphatic heterocycles. The molecule has 0 aromatic carbocycles. The van der Waals surface area contributed by atoms with Gasteiger partial charge in [0.05, 0.1) is 6.10 Å². The molecular weight excluding hydrogens is 293 g/mol. The first-order valence-corrected chi connectivity index (χ1v) is 5.10. The number of hydrogen-bond acceptors (Lipinski definition) is 7. The maximum Gasteiger partial charge on any atom is 0.637 e. The third-order valence-electron chi connectivity index (χ3n) is 1.74. The van der Waals surface area contributed by atoms with E-state index in [2.05, 4.69) is 9.47 Å². The summed E-state index contributed by atoms with van der Waals surface area (Å²) >= 11 is 0. The molecule has 0 fully saturated rings. The normalized spacial score (nSPS) is 12.3. The van der Waals surface area contributed by atoms with Crippen LogP contribution in [0.2, 0.25) is 0 Å². The molecule has 12 heteroatoms. The van der Waals surface area contributed by atoms with E-state index in [0.717, 1.165) is 0 Å². The van der Waals surface area contributed by atoms with Crippen LogP contribution in [0.25, 0.3) is 0 Å². The average molecular weight is 304 g/mol. The maximum atomic E-state index is 13.1. The Hall–Kier alpha value is -1.98. The second-order valence-electron chi connectivity index (χ2n) is 3.87. The highest BCUT2D eigenvalue weighted by atomic mass is 19.3. The first-order chi connectivity index (χ1) is 8.90. The molecule has 0 saturated carbocycles. The largest absolute Gasteiger partial charge is 0.637 e. The summed E-state index contributed by atoms with van der Waals surface area (Å²) in [7, 11) is 0. The number of carbonyl (C=O) groups excluding carboxylic acids is 1. The Morgan fingerprint density at radius 3 is 2.00 bits per heavy atom. The Morgan fingerprint density at radius 1 is 1.20 bits per heavy atom. The first-order valence-electron chi connectivity index (χ1n) is 5.10. The summed E-state index contributed by atoms with van der Waals surface area (Å²) in [6.07, 6.45) is -6.69. The van der Waals surface area contributed by atoms with Gasteiger partial charge in [-0.2, -0.15) is 8.78 Å². The highest BCUT2D eigenvalue weighted by Crippen LogP contribution is 2.24. The van der Waals surface area contributed by atoms with E-state index in [1.165, 1.54) is 13.8 Å². The predicted octanol–water partition coefficient (Wildman–Crippen LogP) is 1.11. The van der Waals surface area contributed by atoms with Crippen molar-refractivity contribution in [3.05, 3.63) is 20.2 Å². The standard InChI is InChI=1S/C8H11F3N2O7/c1-5(2)20-6(14)3-7(9,10)19-4-8(11,12(15)16)13(17)18/h5H,3-4H2,1-2H3. The minimum atomic E-state index is -4.43. The van der Waals surface area contributed by atoms with Gasteiger partial charge in [-0.1, -0.05) is 4.39 Å². The fourth-order valence-corrected chi connectivity index (χ4v) is 0.893. The summed E-state index contributed by atoms with van der Waals surface area (Å²) < 4.78 is 47.1. The van der Waals surface area contributed by atoms with Gasteiger partial charge in [-0.05, 0) is 13.8 Å². The molecule has 0 radical (unpaired) electrons. The van der Waals surface area contributed by atoms with Gasteiger partial charge in [-0.25, -0.2) is 0 Å². The summed E-state index contributed by atoms with van der Waals surface area (Å²) in [4.78, 5) is 27.1. The Bertz CT molecular complexity index is 388. The number of halogens is 3. The minimum absolute atomic E-state index is 0.698. The van der Waals surface area contributed by atoms with Crippen molar-refractivity contribution in [2.75, 3.05) is 6.61 Å². The minimum Gasteiger partial charge on any atom is -0.463 e. The average Bonchev–Trinajstić information content (AvgIpc) is 2.23. The zero-order chi connectivity index (χ0) is 16.1. The van der Waals surface area contributed by atoms with Crippen LogP contribution in [-0.4, -0.2) is 40.6 Å². The SMILES string of the molecule is CC(C)OC(=O)CC(F)(F)OCC(F)([N+](=O)[O-])[N+](=O)[O-]. The van der Waals surface area contributed by atoms with Gasteiger partial charge in [0, 0.05) is 0 Å². The highest BCUT2D eigenvalue weighted by molar-refractivity contribution is 5.70. The van der Waals surface area contributed by atoms with Gasteiger partial charge >= 0.3 is 18.0 Å². The number of alkyl halides is 3. The van der Waals surface area contributed by atoms with Crippen LogP contribution in [0.5, 0.6) is 0 Å².